The van der Waals surface area contributed by atoms with Crippen molar-refractivity contribution in [1.82, 2.24) is 20.4 Å². The minimum Gasteiger partial charge on any atom is -0.451 e. The maximum atomic E-state index is 12.5. The number of carbonyl (C=O) groups is 3. The zero-order chi connectivity index (χ0) is 24.7. The Morgan fingerprint density at radius 1 is 1.24 bits per heavy atom. The number of furan rings is 1. The van der Waals surface area contributed by atoms with Crippen LogP contribution in [0.5, 0.6) is 0 Å². The molecule has 0 radical (unpaired) electrons. The van der Waals surface area contributed by atoms with Crippen LogP contribution in [-0.2, 0) is 16.1 Å². The van der Waals surface area contributed by atoms with Gasteiger partial charge in [0.1, 0.15) is 5.76 Å². The van der Waals surface area contributed by atoms with Gasteiger partial charge in [0.25, 0.3) is 5.91 Å². The Hall–Kier alpha value is -2.90. The number of nitrogens with one attached hydrogen (secondary N) is 3. The average Bonchev–Trinajstić information content (AvgIpc) is 3.43. The van der Waals surface area contributed by atoms with Crippen molar-refractivity contribution in [2.24, 2.45) is 5.92 Å². The third-order valence-electron chi connectivity index (χ3n) is 5.52. The van der Waals surface area contributed by atoms with E-state index in [0.717, 1.165) is 24.8 Å². The molecule has 2 aromatic rings. The van der Waals surface area contributed by atoms with E-state index >= 15 is 0 Å². The van der Waals surface area contributed by atoms with Crippen molar-refractivity contribution in [2.75, 3.05) is 13.2 Å². The molecule has 2 heterocycles. The highest BCUT2D eigenvalue weighted by Crippen LogP contribution is 2.51. The molecular formula is C22H30N4O7S. The van der Waals surface area contributed by atoms with Crippen LogP contribution < -0.4 is 15.4 Å². The van der Waals surface area contributed by atoms with Gasteiger partial charge in [-0.15, -0.1) is 10.8 Å². The Labute approximate surface area is 198 Å². The summed E-state index contributed by atoms with van der Waals surface area (Å²) in [4.78, 5) is 36.0. The van der Waals surface area contributed by atoms with Crippen LogP contribution in [0.3, 0.4) is 0 Å². The summed E-state index contributed by atoms with van der Waals surface area (Å²) in [5.41, 5.74) is 1.38. The topological polar surface area (TPSA) is 164 Å². The maximum Gasteiger partial charge on any atom is 0.288 e. The van der Waals surface area contributed by atoms with E-state index in [-0.39, 0.29) is 31.3 Å². The number of benzene rings is 1. The van der Waals surface area contributed by atoms with Gasteiger partial charge in [0.05, 0.1) is 24.0 Å². The Bertz CT molecular complexity index is 1030. The molecule has 6 N–H and O–H groups in total. The number of hydroxylamine groups is 2. The molecule has 0 spiro atoms. The van der Waals surface area contributed by atoms with Gasteiger partial charge in [-0.25, -0.2) is 9.79 Å². The molecule has 186 valence electrons. The molecule has 0 saturated carbocycles. The zero-order valence-electron chi connectivity index (χ0n) is 18.8. The monoisotopic (exact) mass is 494 g/mol. The standard InChI is InChI=1S/C22H30N4O7S/c1-2-3-4-5-17(12-26(30)14-27)21(28)23-13-24-22(29)19-9-8-18(33-19)15-6-7-16-11-25-34(31,32)20(16)10-15/h6-10,14,17,25,30-32H,2-5,11-13H2,1H3,(H,23,28)(H,24,29). The molecule has 0 saturated heterocycles. The van der Waals surface area contributed by atoms with Crippen molar-refractivity contribution >= 4 is 29.0 Å². The number of fused-ring (bicyclic) bond motifs is 1. The number of hydrogen-bond donors (Lipinski definition) is 6. The highest BCUT2D eigenvalue weighted by Gasteiger charge is 2.27. The number of carbonyl (C=O) groups excluding carboxylic acids is 3. The predicted molar refractivity (Wildman–Crippen MR) is 125 cm³/mol. The van der Waals surface area contributed by atoms with E-state index in [1.807, 2.05) is 6.92 Å². The maximum absolute atomic E-state index is 12.5. The third kappa shape index (κ3) is 6.36. The van der Waals surface area contributed by atoms with Gasteiger partial charge in [0.15, 0.2) is 5.76 Å². The van der Waals surface area contributed by atoms with Crippen LogP contribution in [0.25, 0.3) is 11.3 Å². The summed E-state index contributed by atoms with van der Waals surface area (Å²) >= 11 is 0. The fraction of sp³-hybridized carbons (Fsp3) is 0.409. The fourth-order valence-corrected chi connectivity index (χ4v) is 4.96. The first kappa shape index (κ1) is 25.7. The van der Waals surface area contributed by atoms with Crippen molar-refractivity contribution in [3.63, 3.8) is 0 Å². The predicted octanol–water partition coefficient (Wildman–Crippen LogP) is 2.92. The molecule has 1 atom stereocenters. The molecule has 1 aliphatic rings. The highest BCUT2D eigenvalue weighted by atomic mass is 32.3. The Morgan fingerprint density at radius 3 is 2.76 bits per heavy atom. The fourth-order valence-electron chi connectivity index (χ4n) is 3.65. The van der Waals surface area contributed by atoms with Gasteiger partial charge >= 0.3 is 0 Å². The van der Waals surface area contributed by atoms with Gasteiger partial charge in [0.2, 0.25) is 12.3 Å². The summed E-state index contributed by atoms with van der Waals surface area (Å²) in [6.07, 6.45) is 3.41. The van der Waals surface area contributed by atoms with Crippen LogP contribution in [0.15, 0.2) is 39.6 Å². The van der Waals surface area contributed by atoms with Crippen LogP contribution in [0, 0.1) is 5.92 Å². The van der Waals surface area contributed by atoms with E-state index in [0.29, 0.717) is 34.2 Å². The van der Waals surface area contributed by atoms with E-state index in [4.69, 9.17) is 4.42 Å². The highest BCUT2D eigenvalue weighted by molar-refractivity contribution is 8.22. The van der Waals surface area contributed by atoms with Gasteiger partial charge in [-0.1, -0.05) is 38.3 Å². The summed E-state index contributed by atoms with van der Waals surface area (Å²) in [5.74, 6) is -1.13. The summed E-state index contributed by atoms with van der Waals surface area (Å²) < 4.78 is 28.4. The van der Waals surface area contributed by atoms with Gasteiger partial charge in [-0.3, -0.25) is 28.7 Å². The number of hydrogen-bond acceptors (Lipinski definition) is 8. The van der Waals surface area contributed by atoms with Crippen LogP contribution in [0.2, 0.25) is 0 Å². The van der Waals surface area contributed by atoms with Gasteiger partial charge in [0, 0.05) is 12.1 Å². The number of amides is 3. The lowest BCUT2D eigenvalue weighted by Gasteiger charge is -2.27. The normalized spacial score (nSPS) is 15.8. The van der Waals surface area contributed by atoms with Crippen LogP contribution in [0.1, 0.15) is 48.7 Å². The quantitative estimate of drug-likeness (QED) is 0.0862. The van der Waals surface area contributed by atoms with Crippen LogP contribution in [0.4, 0.5) is 0 Å². The molecule has 0 aliphatic carbocycles. The molecule has 1 aromatic heterocycles. The number of rotatable bonds is 12. The minimum atomic E-state index is -3.04. The van der Waals surface area contributed by atoms with Crippen molar-refractivity contribution in [3.05, 3.63) is 41.7 Å². The van der Waals surface area contributed by atoms with E-state index in [1.54, 1.807) is 24.3 Å². The lowest BCUT2D eigenvalue weighted by atomic mass is 10.0. The molecule has 12 heteroatoms. The van der Waals surface area contributed by atoms with Gasteiger partial charge in [-0.2, -0.15) is 0 Å². The smallest absolute Gasteiger partial charge is 0.288 e. The molecule has 3 rings (SSSR count). The molecule has 11 nitrogen and oxygen atoms in total. The second-order valence-electron chi connectivity index (χ2n) is 8.00. The van der Waals surface area contributed by atoms with E-state index in [1.165, 1.54) is 6.07 Å². The second-order valence-corrected chi connectivity index (χ2v) is 9.83. The average molecular weight is 495 g/mol. The molecule has 0 bridgehead atoms. The summed E-state index contributed by atoms with van der Waals surface area (Å²) in [6.45, 7) is 2.11. The number of nitrogens with zero attached hydrogens (tertiary/aromatic N) is 1. The van der Waals surface area contributed by atoms with Crippen molar-refractivity contribution in [1.29, 1.82) is 0 Å². The van der Waals surface area contributed by atoms with E-state index in [2.05, 4.69) is 15.4 Å². The first-order valence-corrected chi connectivity index (χ1v) is 12.5. The Kier molecular flexibility index (Phi) is 8.69. The molecule has 34 heavy (non-hydrogen) atoms. The van der Waals surface area contributed by atoms with Gasteiger partial charge in [-0.05, 0) is 30.2 Å². The van der Waals surface area contributed by atoms with Crippen LogP contribution >= 0.6 is 10.8 Å². The molecule has 1 aromatic carbocycles. The zero-order valence-corrected chi connectivity index (χ0v) is 19.6. The van der Waals surface area contributed by atoms with Gasteiger partial charge < -0.3 is 15.1 Å². The summed E-state index contributed by atoms with van der Waals surface area (Å²) in [6, 6.07) is 8.24. The third-order valence-corrected chi connectivity index (χ3v) is 7.06. The minimum absolute atomic E-state index is 0.0245. The first-order valence-electron chi connectivity index (χ1n) is 11.0. The van der Waals surface area contributed by atoms with Crippen molar-refractivity contribution in [2.45, 2.75) is 44.0 Å². The molecule has 3 amide bonds. The van der Waals surface area contributed by atoms with E-state index < -0.39 is 22.6 Å². The largest absolute Gasteiger partial charge is 0.451 e. The molecule has 1 aliphatic heterocycles. The van der Waals surface area contributed by atoms with Crippen LogP contribution in [-0.4, -0.2) is 50.8 Å². The van der Waals surface area contributed by atoms with E-state index in [9.17, 15) is 28.7 Å². The first-order chi connectivity index (χ1) is 16.2. The summed E-state index contributed by atoms with van der Waals surface area (Å²) in [7, 11) is -3.04. The second kappa shape index (κ2) is 11.5. The Morgan fingerprint density at radius 2 is 2.03 bits per heavy atom. The molecular weight excluding hydrogens is 464 g/mol. The van der Waals surface area contributed by atoms with Crippen molar-refractivity contribution in [3.8, 4) is 11.3 Å². The number of unbranched alkanes of at least 4 members (excludes halogenated alkanes) is 2. The summed E-state index contributed by atoms with van der Waals surface area (Å²) in [5, 5.41) is 15.0. The Balaban J connectivity index is 1.55. The lowest BCUT2D eigenvalue weighted by Crippen LogP contribution is -2.42. The molecule has 1 unspecified atom stereocenters. The lowest BCUT2D eigenvalue weighted by molar-refractivity contribution is -0.154. The molecule has 0 fully saturated rings. The van der Waals surface area contributed by atoms with Crippen molar-refractivity contribution < 1.29 is 33.1 Å². The SMILES string of the molecule is CCCCCC(CN(O)C=O)C(=O)NCNC(=O)c1ccc(-c2ccc3c(c2)S(O)(O)NC3)o1.